The first kappa shape index (κ1) is 22.2. The maximum absolute atomic E-state index is 12.7. The number of amides is 1. The molecule has 1 saturated carbocycles. The number of sulfonamides is 1. The van der Waals surface area contributed by atoms with E-state index in [2.05, 4.69) is 10.0 Å². The van der Waals surface area contributed by atoms with Crippen LogP contribution in [0.1, 0.15) is 55.1 Å². The van der Waals surface area contributed by atoms with E-state index in [-0.39, 0.29) is 5.91 Å². The number of carbonyl (C=O) groups excluding carboxylic acids is 1. The van der Waals surface area contributed by atoms with Crippen molar-refractivity contribution in [1.82, 2.24) is 0 Å². The number of benzene rings is 2. The molecular formula is C23H30N2O4S. The quantitative estimate of drug-likeness (QED) is 0.655. The van der Waals surface area contributed by atoms with E-state index in [9.17, 15) is 13.2 Å². The maximum atomic E-state index is 12.7. The monoisotopic (exact) mass is 430 g/mol. The van der Waals surface area contributed by atoms with Crippen LogP contribution in [0.4, 0.5) is 11.4 Å². The summed E-state index contributed by atoms with van der Waals surface area (Å²) < 4.78 is 32.2. The van der Waals surface area contributed by atoms with Crippen LogP contribution in [0.2, 0.25) is 0 Å². The minimum absolute atomic E-state index is 0.264. The summed E-state index contributed by atoms with van der Waals surface area (Å²) in [7, 11) is -3.52. The molecule has 1 fully saturated rings. The summed E-state index contributed by atoms with van der Waals surface area (Å²) in [6.45, 7) is 9.54. The molecule has 3 rings (SSSR count). The normalized spacial score (nSPS) is 14.3. The lowest BCUT2D eigenvalue weighted by Gasteiger charge is -2.20. The summed E-state index contributed by atoms with van der Waals surface area (Å²) in [6, 6.07) is 10.2. The Hall–Kier alpha value is -2.54. The zero-order chi connectivity index (χ0) is 22.1. The minimum Gasteiger partial charge on any atom is -0.493 e. The summed E-state index contributed by atoms with van der Waals surface area (Å²) in [6.07, 6.45) is 2.44. The van der Waals surface area contributed by atoms with Crippen molar-refractivity contribution in [3.05, 3.63) is 53.1 Å². The average Bonchev–Trinajstić information content (AvgIpc) is 3.47. The van der Waals surface area contributed by atoms with Crippen molar-refractivity contribution in [3.8, 4) is 5.75 Å². The van der Waals surface area contributed by atoms with Crippen molar-refractivity contribution in [2.45, 2.75) is 52.2 Å². The fourth-order valence-corrected chi connectivity index (χ4v) is 3.62. The lowest BCUT2D eigenvalue weighted by molar-refractivity contribution is 0.102. The van der Waals surface area contributed by atoms with Gasteiger partial charge in [0, 0.05) is 22.5 Å². The Morgan fingerprint density at radius 3 is 2.27 bits per heavy atom. The standard InChI is InChI=1S/C23H30N2O4S/c1-15-6-13-20(16(2)21(15)29-14-17-7-8-17)24-22(26)18-9-11-19(12-10-18)25-30(27,28)23(3,4)5/h6,9-13,17,25H,7-8,14H2,1-5H3,(H,24,26). The van der Waals surface area contributed by atoms with Gasteiger partial charge in [-0.15, -0.1) is 0 Å². The summed E-state index contributed by atoms with van der Waals surface area (Å²) in [5, 5.41) is 2.93. The summed E-state index contributed by atoms with van der Waals surface area (Å²) >= 11 is 0. The molecule has 1 amide bonds. The second-order valence-corrected chi connectivity index (χ2v) is 11.3. The predicted molar refractivity (Wildman–Crippen MR) is 121 cm³/mol. The molecule has 30 heavy (non-hydrogen) atoms. The van der Waals surface area contributed by atoms with Crippen molar-refractivity contribution in [3.63, 3.8) is 0 Å². The molecule has 0 aromatic heterocycles. The number of nitrogens with one attached hydrogen (secondary N) is 2. The summed E-state index contributed by atoms with van der Waals surface area (Å²) in [5.41, 5.74) is 3.51. The molecule has 0 spiro atoms. The van der Waals surface area contributed by atoms with Crippen LogP contribution in [0.15, 0.2) is 36.4 Å². The van der Waals surface area contributed by atoms with E-state index in [0.29, 0.717) is 29.5 Å². The van der Waals surface area contributed by atoms with Gasteiger partial charge in [0.15, 0.2) is 0 Å². The van der Waals surface area contributed by atoms with Crippen LogP contribution in [0, 0.1) is 19.8 Å². The molecule has 2 aromatic carbocycles. The summed E-state index contributed by atoms with van der Waals surface area (Å²) in [5.74, 6) is 1.21. The van der Waals surface area contributed by atoms with Crippen LogP contribution in [0.25, 0.3) is 0 Å². The second kappa shape index (κ2) is 8.30. The van der Waals surface area contributed by atoms with Gasteiger partial charge in [0.1, 0.15) is 5.75 Å². The molecule has 7 heteroatoms. The first-order valence-electron chi connectivity index (χ1n) is 10.1. The average molecular weight is 431 g/mol. The molecule has 0 unspecified atom stereocenters. The van der Waals surface area contributed by atoms with Gasteiger partial charge >= 0.3 is 0 Å². The molecule has 1 aliphatic rings. The van der Waals surface area contributed by atoms with E-state index < -0.39 is 14.8 Å². The fourth-order valence-electron chi connectivity index (χ4n) is 2.86. The Bertz CT molecular complexity index is 1030. The number of hydrogen-bond acceptors (Lipinski definition) is 4. The first-order chi connectivity index (χ1) is 14.0. The van der Waals surface area contributed by atoms with Gasteiger partial charge in [0.25, 0.3) is 5.91 Å². The van der Waals surface area contributed by atoms with Gasteiger partial charge in [-0.25, -0.2) is 8.42 Å². The molecule has 0 saturated heterocycles. The van der Waals surface area contributed by atoms with Gasteiger partial charge in [0.05, 0.1) is 11.4 Å². The third-order valence-corrected chi connectivity index (χ3v) is 7.33. The van der Waals surface area contributed by atoms with E-state index >= 15 is 0 Å². The molecule has 0 atom stereocenters. The molecule has 6 nitrogen and oxygen atoms in total. The molecule has 0 heterocycles. The zero-order valence-electron chi connectivity index (χ0n) is 18.2. The van der Waals surface area contributed by atoms with Crippen molar-refractivity contribution >= 4 is 27.3 Å². The second-order valence-electron chi connectivity index (χ2n) is 8.89. The Morgan fingerprint density at radius 2 is 1.70 bits per heavy atom. The molecule has 2 aromatic rings. The molecule has 162 valence electrons. The topological polar surface area (TPSA) is 84.5 Å². The third-order valence-electron chi connectivity index (χ3n) is 5.22. The van der Waals surface area contributed by atoms with Crippen molar-refractivity contribution in [2.24, 2.45) is 5.92 Å². The zero-order valence-corrected chi connectivity index (χ0v) is 19.0. The van der Waals surface area contributed by atoms with Crippen LogP contribution < -0.4 is 14.8 Å². The van der Waals surface area contributed by atoms with Crippen LogP contribution in [0.5, 0.6) is 5.75 Å². The van der Waals surface area contributed by atoms with Gasteiger partial charge < -0.3 is 10.1 Å². The molecule has 0 bridgehead atoms. The lowest BCUT2D eigenvalue weighted by atomic mass is 10.1. The van der Waals surface area contributed by atoms with Gasteiger partial charge in [-0.2, -0.15) is 0 Å². The first-order valence-corrected chi connectivity index (χ1v) is 11.6. The van der Waals surface area contributed by atoms with Crippen molar-refractivity contribution in [1.29, 1.82) is 0 Å². The predicted octanol–water partition coefficient (Wildman–Crippen LogP) is 4.88. The Morgan fingerprint density at radius 1 is 1.07 bits per heavy atom. The number of rotatable bonds is 7. The summed E-state index contributed by atoms with van der Waals surface area (Å²) in [4.78, 5) is 12.7. The maximum Gasteiger partial charge on any atom is 0.255 e. The molecule has 0 aliphatic heterocycles. The highest BCUT2D eigenvalue weighted by molar-refractivity contribution is 7.94. The number of anilines is 2. The van der Waals surface area contributed by atoms with Crippen molar-refractivity contribution < 1.29 is 17.9 Å². The van der Waals surface area contributed by atoms with Gasteiger partial charge in [-0.05, 0) is 89.3 Å². The molecular weight excluding hydrogens is 400 g/mol. The minimum atomic E-state index is -3.52. The van der Waals surface area contributed by atoms with Crippen LogP contribution in [-0.4, -0.2) is 25.7 Å². The van der Waals surface area contributed by atoms with E-state index in [0.717, 1.165) is 16.9 Å². The third kappa shape index (κ3) is 5.14. The SMILES string of the molecule is Cc1ccc(NC(=O)c2ccc(NS(=O)(=O)C(C)(C)C)cc2)c(C)c1OCC1CC1. The van der Waals surface area contributed by atoms with E-state index in [1.807, 2.05) is 26.0 Å². The largest absolute Gasteiger partial charge is 0.493 e. The Labute approximate surface area is 179 Å². The van der Waals surface area contributed by atoms with Crippen LogP contribution in [0.3, 0.4) is 0 Å². The van der Waals surface area contributed by atoms with Crippen LogP contribution >= 0.6 is 0 Å². The highest BCUT2D eigenvalue weighted by atomic mass is 32.2. The van der Waals surface area contributed by atoms with Gasteiger partial charge in [-0.1, -0.05) is 6.07 Å². The van der Waals surface area contributed by atoms with Crippen molar-refractivity contribution in [2.75, 3.05) is 16.6 Å². The van der Waals surface area contributed by atoms with Crippen LogP contribution in [-0.2, 0) is 10.0 Å². The fraction of sp³-hybridized carbons (Fsp3) is 0.435. The smallest absolute Gasteiger partial charge is 0.255 e. The number of aryl methyl sites for hydroxylation is 1. The Kier molecular flexibility index (Phi) is 6.13. The molecule has 0 radical (unpaired) electrons. The Balaban J connectivity index is 1.71. The van der Waals surface area contributed by atoms with E-state index in [4.69, 9.17) is 4.74 Å². The van der Waals surface area contributed by atoms with E-state index in [1.165, 1.54) is 12.8 Å². The molecule has 1 aliphatic carbocycles. The highest BCUT2D eigenvalue weighted by Crippen LogP contribution is 2.34. The number of carbonyl (C=O) groups is 1. The lowest BCUT2D eigenvalue weighted by Crippen LogP contribution is -2.33. The number of hydrogen-bond donors (Lipinski definition) is 2. The van der Waals surface area contributed by atoms with E-state index in [1.54, 1.807) is 45.0 Å². The highest BCUT2D eigenvalue weighted by Gasteiger charge is 2.29. The molecule has 2 N–H and O–H groups in total. The number of ether oxygens (including phenoxy) is 1. The van der Waals surface area contributed by atoms with Gasteiger partial charge in [0.2, 0.25) is 10.0 Å². The van der Waals surface area contributed by atoms with Gasteiger partial charge in [-0.3, -0.25) is 9.52 Å².